The predicted molar refractivity (Wildman–Crippen MR) is 77.9 cm³/mol. The fourth-order valence-corrected chi connectivity index (χ4v) is 2.04. The molecular weight excluding hydrogens is 276 g/mol. The van der Waals surface area contributed by atoms with E-state index in [1.54, 1.807) is 24.3 Å². The highest BCUT2D eigenvalue weighted by Gasteiger charge is 2.11. The van der Waals surface area contributed by atoms with Gasteiger partial charge in [-0.1, -0.05) is 6.07 Å². The molecule has 0 bridgehead atoms. The zero-order valence-electron chi connectivity index (χ0n) is 12.1. The van der Waals surface area contributed by atoms with Crippen LogP contribution in [-0.4, -0.2) is 14.2 Å². The number of hydrogen-bond acceptors (Lipinski definition) is 3. The van der Waals surface area contributed by atoms with Crippen molar-refractivity contribution < 1.29 is 18.3 Å². The van der Waals surface area contributed by atoms with Crippen LogP contribution in [0.5, 0.6) is 11.5 Å². The van der Waals surface area contributed by atoms with Crippen LogP contribution in [0.15, 0.2) is 36.4 Å². The highest BCUT2D eigenvalue weighted by molar-refractivity contribution is 5.49. The predicted octanol–water partition coefficient (Wildman–Crippen LogP) is 4.16. The molecule has 0 radical (unpaired) electrons. The van der Waals surface area contributed by atoms with Crippen molar-refractivity contribution in [2.75, 3.05) is 19.5 Å². The van der Waals surface area contributed by atoms with Crippen LogP contribution >= 0.6 is 0 Å². The van der Waals surface area contributed by atoms with Crippen LogP contribution < -0.4 is 14.8 Å². The Labute approximate surface area is 122 Å². The highest BCUT2D eigenvalue weighted by Crippen LogP contribution is 2.27. The van der Waals surface area contributed by atoms with Crippen molar-refractivity contribution in [1.82, 2.24) is 0 Å². The minimum atomic E-state index is -0.439. The molecule has 5 heteroatoms. The van der Waals surface area contributed by atoms with E-state index in [-0.39, 0.29) is 17.5 Å². The molecule has 1 unspecified atom stereocenters. The van der Waals surface area contributed by atoms with E-state index in [1.807, 2.05) is 6.92 Å². The van der Waals surface area contributed by atoms with Gasteiger partial charge in [0.05, 0.1) is 14.2 Å². The lowest BCUT2D eigenvalue weighted by Gasteiger charge is -2.17. The number of halogens is 2. The first-order chi connectivity index (χ1) is 10.0. The molecule has 0 heterocycles. The van der Waals surface area contributed by atoms with E-state index in [0.717, 1.165) is 5.56 Å². The maximum Gasteiger partial charge on any atom is 0.167 e. The van der Waals surface area contributed by atoms with Gasteiger partial charge in [-0.25, -0.2) is 8.78 Å². The Bertz CT molecular complexity index is 632. The van der Waals surface area contributed by atoms with Gasteiger partial charge >= 0.3 is 0 Å². The Morgan fingerprint density at radius 2 is 1.62 bits per heavy atom. The van der Waals surface area contributed by atoms with Crippen molar-refractivity contribution in [3.8, 4) is 11.5 Å². The lowest BCUT2D eigenvalue weighted by atomic mass is 10.1. The van der Waals surface area contributed by atoms with Gasteiger partial charge in [0, 0.05) is 17.8 Å². The fourth-order valence-electron chi connectivity index (χ4n) is 2.04. The van der Waals surface area contributed by atoms with E-state index in [9.17, 15) is 8.78 Å². The minimum absolute atomic E-state index is 0.132. The normalized spacial score (nSPS) is 11.9. The molecule has 0 aliphatic carbocycles. The van der Waals surface area contributed by atoms with E-state index in [0.29, 0.717) is 5.69 Å². The monoisotopic (exact) mass is 293 g/mol. The Kier molecular flexibility index (Phi) is 4.62. The Balaban J connectivity index is 2.17. The standard InChI is InChI=1S/C16H17F2NO2/c1-10(11-4-6-13(17)16(8-11)21-3)19-12-5-7-15(20-2)14(18)9-12/h4-10,19H,1-3H3. The number of nitrogens with one attached hydrogen (secondary N) is 1. The van der Waals surface area contributed by atoms with Gasteiger partial charge in [0.1, 0.15) is 0 Å². The summed E-state index contributed by atoms with van der Waals surface area (Å²) in [6.45, 7) is 1.90. The zero-order valence-corrected chi connectivity index (χ0v) is 12.1. The zero-order chi connectivity index (χ0) is 15.4. The smallest absolute Gasteiger partial charge is 0.167 e. The van der Waals surface area contributed by atoms with E-state index >= 15 is 0 Å². The lowest BCUT2D eigenvalue weighted by molar-refractivity contribution is 0.385. The summed E-state index contributed by atoms with van der Waals surface area (Å²) in [4.78, 5) is 0. The van der Waals surface area contributed by atoms with E-state index in [4.69, 9.17) is 9.47 Å². The number of anilines is 1. The van der Waals surface area contributed by atoms with Gasteiger partial charge in [-0.3, -0.25) is 0 Å². The van der Waals surface area contributed by atoms with E-state index in [1.165, 1.54) is 26.4 Å². The van der Waals surface area contributed by atoms with Crippen molar-refractivity contribution in [2.45, 2.75) is 13.0 Å². The first-order valence-electron chi connectivity index (χ1n) is 6.48. The molecule has 112 valence electrons. The largest absolute Gasteiger partial charge is 0.494 e. The van der Waals surface area contributed by atoms with Gasteiger partial charge < -0.3 is 14.8 Å². The molecule has 2 aromatic rings. The third kappa shape index (κ3) is 3.42. The highest BCUT2D eigenvalue weighted by atomic mass is 19.1. The third-order valence-corrected chi connectivity index (χ3v) is 3.21. The second-order valence-corrected chi connectivity index (χ2v) is 4.61. The molecule has 0 aliphatic rings. The summed E-state index contributed by atoms with van der Waals surface area (Å²) in [6.07, 6.45) is 0. The van der Waals surface area contributed by atoms with Crippen LogP contribution in [0.25, 0.3) is 0 Å². The van der Waals surface area contributed by atoms with Crippen molar-refractivity contribution in [1.29, 1.82) is 0 Å². The molecule has 1 N–H and O–H groups in total. The summed E-state index contributed by atoms with van der Waals surface area (Å²) in [6, 6.07) is 9.13. The molecule has 0 fully saturated rings. The average molecular weight is 293 g/mol. The quantitative estimate of drug-likeness (QED) is 0.898. The van der Waals surface area contributed by atoms with Crippen molar-refractivity contribution >= 4 is 5.69 Å². The molecule has 21 heavy (non-hydrogen) atoms. The molecule has 0 aliphatic heterocycles. The van der Waals surface area contributed by atoms with Gasteiger partial charge in [-0.05, 0) is 36.8 Å². The van der Waals surface area contributed by atoms with Crippen LogP contribution in [-0.2, 0) is 0 Å². The van der Waals surface area contributed by atoms with Crippen molar-refractivity contribution in [3.63, 3.8) is 0 Å². The molecule has 0 aromatic heterocycles. The molecule has 2 aromatic carbocycles. The Morgan fingerprint density at radius 3 is 2.24 bits per heavy atom. The number of benzene rings is 2. The molecule has 0 saturated heterocycles. The molecule has 3 nitrogen and oxygen atoms in total. The average Bonchev–Trinajstić information content (AvgIpc) is 2.48. The van der Waals surface area contributed by atoms with Crippen LogP contribution in [0, 0.1) is 11.6 Å². The maximum atomic E-state index is 13.6. The fraction of sp³-hybridized carbons (Fsp3) is 0.250. The third-order valence-electron chi connectivity index (χ3n) is 3.21. The number of ether oxygens (including phenoxy) is 2. The summed E-state index contributed by atoms with van der Waals surface area (Å²) in [7, 11) is 2.83. The van der Waals surface area contributed by atoms with Gasteiger partial charge in [-0.15, -0.1) is 0 Å². The summed E-state index contributed by atoms with van der Waals surface area (Å²) in [5.41, 5.74) is 1.45. The molecule has 1 atom stereocenters. The number of rotatable bonds is 5. The first-order valence-corrected chi connectivity index (χ1v) is 6.48. The van der Waals surface area contributed by atoms with Crippen LogP contribution in [0.1, 0.15) is 18.5 Å². The second-order valence-electron chi connectivity index (χ2n) is 4.61. The van der Waals surface area contributed by atoms with Gasteiger partial charge in [0.15, 0.2) is 23.1 Å². The summed E-state index contributed by atoms with van der Waals surface area (Å²) in [5, 5.41) is 3.15. The minimum Gasteiger partial charge on any atom is -0.494 e. The summed E-state index contributed by atoms with van der Waals surface area (Å²) in [5.74, 6) is -0.478. The molecule has 2 rings (SSSR count). The van der Waals surface area contributed by atoms with Crippen LogP contribution in [0.3, 0.4) is 0 Å². The van der Waals surface area contributed by atoms with Gasteiger partial charge in [-0.2, -0.15) is 0 Å². The van der Waals surface area contributed by atoms with Gasteiger partial charge in [0.2, 0.25) is 0 Å². The Morgan fingerprint density at radius 1 is 0.905 bits per heavy atom. The summed E-state index contributed by atoms with van der Waals surface area (Å²) >= 11 is 0. The van der Waals surface area contributed by atoms with E-state index < -0.39 is 11.6 Å². The molecular formula is C16H17F2NO2. The second kappa shape index (κ2) is 6.43. The lowest BCUT2D eigenvalue weighted by Crippen LogP contribution is -2.07. The van der Waals surface area contributed by atoms with Crippen LogP contribution in [0.4, 0.5) is 14.5 Å². The number of methoxy groups -OCH3 is 2. The van der Waals surface area contributed by atoms with Crippen molar-refractivity contribution in [2.24, 2.45) is 0 Å². The molecule has 0 amide bonds. The SMILES string of the molecule is COc1ccc(NC(C)c2ccc(F)c(OC)c2)cc1F. The molecule has 0 saturated carbocycles. The Hall–Kier alpha value is -2.30. The first kappa shape index (κ1) is 15.1. The maximum absolute atomic E-state index is 13.6. The van der Waals surface area contributed by atoms with Crippen LogP contribution in [0.2, 0.25) is 0 Å². The van der Waals surface area contributed by atoms with E-state index in [2.05, 4.69) is 5.32 Å². The summed E-state index contributed by atoms with van der Waals surface area (Å²) < 4.78 is 36.9. The number of hydrogen-bond donors (Lipinski definition) is 1. The van der Waals surface area contributed by atoms with Crippen molar-refractivity contribution in [3.05, 3.63) is 53.6 Å². The van der Waals surface area contributed by atoms with Gasteiger partial charge in [0.25, 0.3) is 0 Å². The molecule has 0 spiro atoms. The topological polar surface area (TPSA) is 30.5 Å².